The molecule has 2 aromatic rings. The van der Waals surface area contributed by atoms with E-state index >= 15 is 0 Å². The molecule has 7 nitrogen and oxygen atoms in total. The van der Waals surface area contributed by atoms with Crippen molar-refractivity contribution in [3.63, 3.8) is 0 Å². The number of esters is 1. The van der Waals surface area contributed by atoms with Gasteiger partial charge in [-0.15, -0.1) is 5.10 Å². The summed E-state index contributed by atoms with van der Waals surface area (Å²) >= 11 is 3.41. The maximum atomic E-state index is 12.1. The van der Waals surface area contributed by atoms with Crippen LogP contribution in [0.5, 0.6) is 11.5 Å². The van der Waals surface area contributed by atoms with Crippen LogP contribution in [0, 0.1) is 0 Å². The van der Waals surface area contributed by atoms with Gasteiger partial charge in [0.05, 0.1) is 7.11 Å². The second-order valence-corrected chi connectivity index (χ2v) is 6.67. The van der Waals surface area contributed by atoms with E-state index in [0.29, 0.717) is 17.2 Å². The van der Waals surface area contributed by atoms with Crippen LogP contribution in [-0.2, 0) is 14.3 Å². The zero-order valence-corrected chi connectivity index (χ0v) is 16.5. The van der Waals surface area contributed by atoms with Crippen LogP contribution < -0.4 is 9.47 Å². The third-order valence-electron chi connectivity index (χ3n) is 3.76. The van der Waals surface area contributed by atoms with Gasteiger partial charge >= 0.3 is 5.97 Å². The predicted octanol–water partition coefficient (Wildman–Crippen LogP) is 3.62. The fourth-order valence-electron chi connectivity index (χ4n) is 2.60. The third-order valence-corrected chi connectivity index (χ3v) is 4.26. The van der Waals surface area contributed by atoms with Crippen LogP contribution in [0.4, 0.5) is 0 Å². The minimum atomic E-state index is -0.753. The molecule has 1 unspecified atom stereocenters. The summed E-state index contributed by atoms with van der Waals surface area (Å²) in [5.74, 6) is 0.247. The maximum absolute atomic E-state index is 12.1. The number of carbonyl (C=O) groups is 2. The summed E-state index contributed by atoms with van der Waals surface area (Å²) in [5, 5.41) is 5.57. The number of carbonyl (C=O) groups excluding carboxylic acids is 2. The van der Waals surface area contributed by atoms with Gasteiger partial charge in [-0.05, 0) is 36.4 Å². The van der Waals surface area contributed by atoms with Gasteiger partial charge in [-0.2, -0.15) is 5.01 Å². The Morgan fingerprint density at radius 3 is 2.56 bits per heavy atom. The van der Waals surface area contributed by atoms with E-state index in [1.54, 1.807) is 18.2 Å². The van der Waals surface area contributed by atoms with Crippen molar-refractivity contribution in [2.24, 2.45) is 5.10 Å². The average molecular weight is 433 g/mol. The summed E-state index contributed by atoms with van der Waals surface area (Å²) in [6, 6.07) is 12.4. The lowest BCUT2D eigenvalue weighted by atomic mass is 10.1. The van der Waals surface area contributed by atoms with E-state index in [2.05, 4.69) is 21.0 Å². The number of hydrazone groups is 1. The van der Waals surface area contributed by atoms with Crippen molar-refractivity contribution in [3.8, 4) is 11.5 Å². The highest BCUT2D eigenvalue weighted by Crippen LogP contribution is 2.36. The van der Waals surface area contributed by atoms with Gasteiger partial charge in [0.1, 0.15) is 0 Å². The number of nitrogens with zero attached hydrogens (tertiary/aromatic N) is 2. The molecule has 0 N–H and O–H groups in total. The highest BCUT2D eigenvalue weighted by Gasteiger charge is 2.33. The number of amides is 1. The first-order valence-corrected chi connectivity index (χ1v) is 8.85. The lowest BCUT2D eigenvalue weighted by Gasteiger charge is -2.20. The van der Waals surface area contributed by atoms with E-state index in [1.165, 1.54) is 26.0 Å². The molecule has 1 aliphatic rings. The van der Waals surface area contributed by atoms with Gasteiger partial charge in [-0.1, -0.05) is 22.0 Å². The molecule has 2 aromatic carbocycles. The molecular formula is C19H17BrN2O5. The molecule has 0 aromatic heterocycles. The molecule has 0 fully saturated rings. The Morgan fingerprint density at radius 2 is 1.93 bits per heavy atom. The second-order valence-electron chi connectivity index (χ2n) is 5.75. The summed E-state index contributed by atoms with van der Waals surface area (Å²) in [7, 11) is 1.47. The van der Waals surface area contributed by atoms with Gasteiger partial charge in [0.25, 0.3) is 0 Å². The molecule has 0 saturated heterocycles. The van der Waals surface area contributed by atoms with Gasteiger partial charge < -0.3 is 14.2 Å². The van der Waals surface area contributed by atoms with Crippen molar-refractivity contribution in [3.05, 3.63) is 58.1 Å². The topological polar surface area (TPSA) is 77.4 Å². The minimum Gasteiger partial charge on any atom is -0.493 e. The Balaban J connectivity index is 1.94. The quantitative estimate of drug-likeness (QED) is 0.544. The highest BCUT2D eigenvalue weighted by molar-refractivity contribution is 9.10. The molecule has 0 bridgehead atoms. The fourth-order valence-corrected chi connectivity index (χ4v) is 3.00. The smallest absolute Gasteiger partial charge is 0.308 e. The molecule has 0 radical (unpaired) electrons. The van der Waals surface area contributed by atoms with Gasteiger partial charge in [0.2, 0.25) is 18.0 Å². The van der Waals surface area contributed by atoms with Crippen molar-refractivity contribution in [2.45, 2.75) is 20.1 Å². The first kappa shape index (κ1) is 18.9. The van der Waals surface area contributed by atoms with Crippen molar-refractivity contribution in [1.29, 1.82) is 0 Å². The van der Waals surface area contributed by atoms with Crippen molar-refractivity contribution in [2.75, 3.05) is 7.11 Å². The Labute approximate surface area is 164 Å². The Hall–Kier alpha value is -2.87. The van der Waals surface area contributed by atoms with Crippen LogP contribution in [0.15, 0.2) is 52.0 Å². The predicted molar refractivity (Wildman–Crippen MR) is 101 cm³/mol. The molecular weight excluding hydrogens is 416 g/mol. The summed E-state index contributed by atoms with van der Waals surface area (Å²) in [6.07, 6.45) is -0.753. The molecule has 0 saturated carbocycles. The lowest BCUT2D eigenvalue weighted by Crippen LogP contribution is -2.25. The zero-order valence-electron chi connectivity index (χ0n) is 14.9. The molecule has 0 aliphatic carbocycles. The lowest BCUT2D eigenvalue weighted by molar-refractivity contribution is -0.135. The minimum absolute atomic E-state index is 0.270. The summed E-state index contributed by atoms with van der Waals surface area (Å²) in [4.78, 5) is 23.3. The number of hydrogen-bond donors (Lipinski definition) is 0. The zero-order chi connectivity index (χ0) is 19.6. The van der Waals surface area contributed by atoms with Crippen LogP contribution >= 0.6 is 15.9 Å². The van der Waals surface area contributed by atoms with Crippen molar-refractivity contribution in [1.82, 2.24) is 5.01 Å². The SMILES string of the molecule is COc1cc(C2OC(c3cccc(Br)c3)=NN2C(C)=O)ccc1OC(C)=O. The molecule has 8 heteroatoms. The number of methoxy groups -OCH3 is 1. The van der Waals surface area contributed by atoms with Crippen LogP contribution in [0.25, 0.3) is 0 Å². The molecule has 1 heterocycles. The van der Waals surface area contributed by atoms with Crippen LogP contribution in [0.3, 0.4) is 0 Å². The van der Waals surface area contributed by atoms with Gasteiger partial charge in [0.15, 0.2) is 11.5 Å². The molecule has 1 atom stereocenters. The summed E-state index contributed by atoms with van der Waals surface area (Å²) in [6.45, 7) is 2.72. The van der Waals surface area contributed by atoms with Crippen LogP contribution in [0.2, 0.25) is 0 Å². The van der Waals surface area contributed by atoms with Crippen LogP contribution in [-0.4, -0.2) is 29.9 Å². The summed E-state index contributed by atoms with van der Waals surface area (Å²) < 4.78 is 17.2. The van der Waals surface area contributed by atoms with Crippen LogP contribution in [0.1, 0.15) is 31.2 Å². The van der Waals surface area contributed by atoms with E-state index in [9.17, 15) is 9.59 Å². The van der Waals surface area contributed by atoms with E-state index < -0.39 is 12.2 Å². The molecule has 27 heavy (non-hydrogen) atoms. The van der Waals surface area contributed by atoms with Gasteiger partial charge in [0, 0.05) is 29.4 Å². The number of ether oxygens (including phenoxy) is 3. The molecule has 140 valence electrons. The third kappa shape index (κ3) is 4.11. The first-order valence-electron chi connectivity index (χ1n) is 8.06. The fraction of sp³-hybridized carbons (Fsp3) is 0.211. The van der Waals surface area contributed by atoms with E-state index in [1.807, 2.05) is 24.3 Å². The molecule has 1 amide bonds. The number of hydrogen-bond acceptors (Lipinski definition) is 6. The Morgan fingerprint density at radius 1 is 1.15 bits per heavy atom. The normalized spacial score (nSPS) is 15.8. The Kier molecular flexibility index (Phi) is 5.46. The van der Waals surface area contributed by atoms with Gasteiger partial charge in [-0.3, -0.25) is 9.59 Å². The van der Waals surface area contributed by atoms with E-state index in [4.69, 9.17) is 14.2 Å². The second kappa shape index (κ2) is 7.79. The maximum Gasteiger partial charge on any atom is 0.308 e. The molecule has 1 aliphatic heterocycles. The van der Waals surface area contributed by atoms with E-state index in [-0.39, 0.29) is 11.7 Å². The van der Waals surface area contributed by atoms with Crippen molar-refractivity contribution >= 4 is 33.7 Å². The number of halogens is 1. The summed E-state index contributed by atoms with van der Waals surface area (Å²) in [5.41, 5.74) is 1.37. The number of rotatable bonds is 4. The highest BCUT2D eigenvalue weighted by atomic mass is 79.9. The number of benzene rings is 2. The largest absolute Gasteiger partial charge is 0.493 e. The molecule has 0 spiro atoms. The standard InChI is InChI=1S/C19H17BrN2O5/c1-11(23)22-19(27-18(21-22)13-5-4-6-15(20)9-13)14-7-8-16(26-12(2)24)17(10-14)25-3/h4-10,19H,1-3H3. The van der Waals surface area contributed by atoms with E-state index in [0.717, 1.165) is 10.0 Å². The van der Waals surface area contributed by atoms with Crippen molar-refractivity contribution < 1.29 is 23.8 Å². The molecule has 3 rings (SSSR count). The monoisotopic (exact) mass is 432 g/mol. The van der Waals surface area contributed by atoms with Gasteiger partial charge in [-0.25, -0.2) is 0 Å². The first-order chi connectivity index (χ1) is 12.9. The Bertz CT molecular complexity index is 928. The average Bonchev–Trinajstić information content (AvgIpc) is 3.07.